The first-order chi connectivity index (χ1) is 15.8. The number of likely N-dealkylation sites (tertiary alicyclic amines) is 1. The van der Waals surface area contributed by atoms with Gasteiger partial charge < -0.3 is 20.6 Å². The first kappa shape index (κ1) is 27.2. The molecule has 0 aliphatic carbocycles. The number of benzene rings is 1. The first-order valence-corrected chi connectivity index (χ1v) is 10.4. The fourth-order valence-electron chi connectivity index (χ4n) is 3.04. The summed E-state index contributed by atoms with van der Waals surface area (Å²) in [6.45, 7) is 3.45. The highest BCUT2D eigenvalue weighted by molar-refractivity contribution is 7.80. The minimum absolute atomic E-state index is 0.115. The molecule has 0 amide bonds. The Kier molecular flexibility index (Phi) is 9.07. The Morgan fingerprint density at radius 1 is 1.12 bits per heavy atom. The van der Waals surface area contributed by atoms with E-state index in [0.29, 0.717) is 16.6 Å². The average Bonchev–Trinajstić information content (AvgIpc) is 2.73. The first-order valence-electron chi connectivity index (χ1n) is 9.98. The van der Waals surface area contributed by atoms with Crippen LogP contribution in [0.1, 0.15) is 24.0 Å². The lowest BCUT2D eigenvalue weighted by Crippen LogP contribution is -2.44. The number of aryl methyl sites for hydroxylation is 1. The van der Waals surface area contributed by atoms with Crippen LogP contribution in [-0.2, 0) is 11.0 Å². The summed E-state index contributed by atoms with van der Waals surface area (Å²) in [5.74, 6) is -2.04. The van der Waals surface area contributed by atoms with Gasteiger partial charge in [0.2, 0.25) is 0 Å². The molecular formula is C21H22F6N4O2S. The van der Waals surface area contributed by atoms with Crippen LogP contribution < -0.4 is 10.6 Å². The van der Waals surface area contributed by atoms with Crippen LogP contribution in [0.3, 0.4) is 0 Å². The molecule has 0 spiro atoms. The van der Waals surface area contributed by atoms with Gasteiger partial charge in [-0.15, -0.1) is 0 Å². The van der Waals surface area contributed by atoms with E-state index in [1.54, 1.807) is 12.3 Å². The van der Waals surface area contributed by atoms with E-state index in [9.17, 15) is 26.3 Å². The van der Waals surface area contributed by atoms with Gasteiger partial charge in [0.25, 0.3) is 0 Å². The number of carbonyl (C=O) groups is 1. The zero-order chi connectivity index (χ0) is 25.5. The lowest BCUT2D eigenvalue weighted by molar-refractivity contribution is -0.192. The minimum Gasteiger partial charge on any atom is -0.475 e. The second kappa shape index (κ2) is 11.4. The number of pyridine rings is 1. The van der Waals surface area contributed by atoms with Crippen molar-refractivity contribution in [3.8, 4) is 0 Å². The number of thiocarbonyl (C=S) groups is 1. The van der Waals surface area contributed by atoms with Crippen molar-refractivity contribution in [3.05, 3.63) is 53.7 Å². The van der Waals surface area contributed by atoms with Crippen LogP contribution in [0.25, 0.3) is 0 Å². The van der Waals surface area contributed by atoms with Crippen LogP contribution in [0.5, 0.6) is 0 Å². The number of carboxylic acid groups (broad SMARTS) is 1. The molecule has 0 radical (unpaired) electrons. The molecule has 3 rings (SSSR count). The third-order valence-electron chi connectivity index (χ3n) is 4.74. The number of aromatic nitrogens is 1. The number of anilines is 2. The Labute approximate surface area is 197 Å². The molecule has 1 aromatic heterocycles. The maximum atomic E-state index is 12.8. The number of hydrogen-bond donors (Lipinski definition) is 3. The number of rotatable bonds is 3. The number of halogens is 6. The summed E-state index contributed by atoms with van der Waals surface area (Å²) in [6, 6.07) is 9.28. The van der Waals surface area contributed by atoms with Gasteiger partial charge in [-0.05, 0) is 67.9 Å². The van der Waals surface area contributed by atoms with E-state index in [2.05, 4.69) is 20.5 Å². The normalized spacial score (nSPS) is 14.6. The van der Waals surface area contributed by atoms with Gasteiger partial charge in [0, 0.05) is 31.0 Å². The maximum absolute atomic E-state index is 12.8. The highest BCUT2D eigenvalue weighted by Crippen LogP contribution is 2.31. The average molecular weight is 508 g/mol. The van der Waals surface area contributed by atoms with Crippen molar-refractivity contribution in [2.75, 3.05) is 23.7 Å². The molecule has 13 heteroatoms. The molecule has 0 unspecified atom stereocenters. The van der Waals surface area contributed by atoms with Crippen molar-refractivity contribution >= 4 is 34.8 Å². The van der Waals surface area contributed by atoms with Gasteiger partial charge >= 0.3 is 18.3 Å². The monoisotopic (exact) mass is 508 g/mol. The second-order valence-electron chi connectivity index (χ2n) is 7.44. The van der Waals surface area contributed by atoms with E-state index >= 15 is 0 Å². The number of nitrogens with zero attached hydrogens (tertiary/aromatic N) is 2. The molecule has 2 aromatic rings. The number of aliphatic carboxylic acids is 1. The van der Waals surface area contributed by atoms with Gasteiger partial charge in [-0.2, -0.15) is 26.3 Å². The number of hydrogen-bond acceptors (Lipinski definition) is 4. The van der Waals surface area contributed by atoms with E-state index in [0.717, 1.165) is 43.6 Å². The Hall–Kier alpha value is -3.09. The number of nitrogens with one attached hydrogen (secondary N) is 2. The predicted molar refractivity (Wildman–Crippen MR) is 119 cm³/mol. The smallest absolute Gasteiger partial charge is 0.475 e. The van der Waals surface area contributed by atoms with Gasteiger partial charge in [0.15, 0.2) is 5.11 Å². The van der Waals surface area contributed by atoms with Crippen molar-refractivity contribution in [2.24, 2.45) is 0 Å². The molecule has 1 saturated heterocycles. The Balaban J connectivity index is 0.000000509. The minimum atomic E-state index is -5.08. The molecule has 1 aliphatic heterocycles. The number of carboxylic acids is 1. The largest absolute Gasteiger partial charge is 0.490 e. The third kappa shape index (κ3) is 8.69. The van der Waals surface area contributed by atoms with E-state index < -0.39 is 23.9 Å². The molecule has 2 heterocycles. The molecule has 1 aromatic carbocycles. The summed E-state index contributed by atoms with van der Waals surface area (Å²) in [7, 11) is 0. The van der Waals surface area contributed by atoms with Crippen LogP contribution in [0.4, 0.5) is 37.8 Å². The highest BCUT2D eigenvalue weighted by Gasteiger charge is 2.38. The number of piperidine rings is 1. The second-order valence-corrected chi connectivity index (χ2v) is 7.82. The summed E-state index contributed by atoms with van der Waals surface area (Å²) in [4.78, 5) is 15.2. The van der Waals surface area contributed by atoms with E-state index in [1.165, 1.54) is 6.07 Å². The molecule has 6 nitrogen and oxygen atoms in total. The molecule has 186 valence electrons. The standard InChI is InChI=1S/C19H21F3N4S.C2HF3O2/c1-13-5-8-23-17(11-13)25-18(27)26-9-6-15(7-10-26)24-16-4-2-3-14(12-16)19(20,21)22;3-2(4,5)1(6)7/h2-5,8,11-12,15,24H,6-7,9-10H2,1H3,(H,23,25,27);(H,6,7). The predicted octanol–water partition coefficient (Wildman–Crippen LogP) is 5.32. The summed E-state index contributed by atoms with van der Waals surface area (Å²) in [5, 5.41) is 14.1. The van der Waals surface area contributed by atoms with Gasteiger partial charge in [0.1, 0.15) is 5.82 Å². The summed E-state index contributed by atoms with van der Waals surface area (Å²) < 4.78 is 70.2. The third-order valence-corrected chi connectivity index (χ3v) is 5.10. The molecule has 1 aliphatic rings. The van der Waals surface area contributed by atoms with Crippen molar-refractivity contribution in [1.82, 2.24) is 9.88 Å². The quantitative estimate of drug-likeness (QED) is 0.383. The van der Waals surface area contributed by atoms with Gasteiger partial charge in [-0.3, -0.25) is 0 Å². The lowest BCUT2D eigenvalue weighted by Gasteiger charge is -2.34. The summed E-state index contributed by atoms with van der Waals surface area (Å²) in [5.41, 5.74) is 0.952. The molecule has 1 fully saturated rings. The Morgan fingerprint density at radius 3 is 2.26 bits per heavy atom. The molecule has 0 bridgehead atoms. The van der Waals surface area contributed by atoms with Crippen molar-refractivity contribution < 1.29 is 36.2 Å². The summed E-state index contributed by atoms with van der Waals surface area (Å²) in [6.07, 6.45) is -6.10. The van der Waals surface area contributed by atoms with Crippen LogP contribution in [0.15, 0.2) is 42.6 Å². The van der Waals surface area contributed by atoms with E-state index in [1.807, 2.05) is 19.1 Å². The van der Waals surface area contributed by atoms with Crippen molar-refractivity contribution in [1.29, 1.82) is 0 Å². The molecule has 0 atom stereocenters. The lowest BCUT2D eigenvalue weighted by atomic mass is 10.0. The van der Waals surface area contributed by atoms with E-state index in [4.69, 9.17) is 22.1 Å². The molecular weight excluding hydrogens is 486 g/mol. The van der Waals surface area contributed by atoms with Gasteiger partial charge in [-0.1, -0.05) is 6.07 Å². The molecule has 0 saturated carbocycles. The van der Waals surface area contributed by atoms with Crippen LogP contribution in [-0.4, -0.2) is 51.4 Å². The Bertz CT molecular complexity index is 992. The van der Waals surface area contributed by atoms with Crippen LogP contribution >= 0.6 is 12.2 Å². The van der Waals surface area contributed by atoms with Crippen molar-refractivity contribution in [2.45, 2.75) is 38.2 Å². The zero-order valence-corrected chi connectivity index (χ0v) is 18.7. The molecule has 3 N–H and O–H groups in total. The fourth-order valence-corrected chi connectivity index (χ4v) is 3.33. The van der Waals surface area contributed by atoms with Crippen LogP contribution in [0, 0.1) is 6.92 Å². The molecule has 34 heavy (non-hydrogen) atoms. The fraction of sp³-hybridized carbons (Fsp3) is 0.381. The highest BCUT2D eigenvalue weighted by atomic mass is 32.1. The Morgan fingerprint density at radius 2 is 1.74 bits per heavy atom. The van der Waals surface area contributed by atoms with Crippen molar-refractivity contribution in [3.63, 3.8) is 0 Å². The maximum Gasteiger partial charge on any atom is 0.490 e. The zero-order valence-electron chi connectivity index (χ0n) is 17.9. The summed E-state index contributed by atoms with van der Waals surface area (Å²) >= 11 is 5.46. The number of alkyl halides is 6. The SMILES string of the molecule is Cc1ccnc(NC(=S)N2CCC(Nc3cccc(C(F)(F)F)c3)CC2)c1.O=C(O)C(F)(F)F. The van der Waals surface area contributed by atoms with Gasteiger partial charge in [0.05, 0.1) is 5.56 Å². The van der Waals surface area contributed by atoms with Crippen LogP contribution in [0.2, 0.25) is 0 Å². The topological polar surface area (TPSA) is 77.5 Å². The van der Waals surface area contributed by atoms with E-state index in [-0.39, 0.29) is 6.04 Å². The van der Waals surface area contributed by atoms with Gasteiger partial charge in [-0.25, -0.2) is 9.78 Å².